The van der Waals surface area contributed by atoms with Gasteiger partial charge in [-0.25, -0.2) is 8.78 Å². The van der Waals surface area contributed by atoms with Crippen molar-refractivity contribution in [3.8, 4) is 0 Å². The second-order valence-electron chi connectivity index (χ2n) is 2.53. The Morgan fingerprint density at radius 3 is 2.69 bits per heavy atom. The first-order valence-corrected chi connectivity index (χ1v) is 5.76. The van der Waals surface area contributed by atoms with Crippen LogP contribution >= 0.6 is 38.5 Å². The van der Waals surface area contributed by atoms with Crippen LogP contribution in [0.3, 0.4) is 0 Å². The smallest absolute Gasteiger partial charge is 0.259 e. The highest BCUT2D eigenvalue weighted by Crippen LogP contribution is 2.28. The molecule has 0 N–H and O–H groups in total. The molecule has 0 atom stereocenters. The molecule has 0 aliphatic heterocycles. The van der Waals surface area contributed by atoms with E-state index >= 15 is 0 Å². The van der Waals surface area contributed by atoms with Crippen molar-refractivity contribution in [3.05, 3.63) is 26.6 Å². The molecule has 0 amide bonds. The molecule has 0 saturated carbocycles. The Morgan fingerprint density at radius 2 is 2.23 bits per heavy atom. The highest BCUT2D eigenvalue weighted by atomic mass is 127. The first-order valence-electron chi connectivity index (χ1n) is 3.56. The molecule has 72 valence electrons. The lowest BCUT2D eigenvalue weighted by Gasteiger charge is -2.10. The lowest BCUT2D eigenvalue weighted by molar-refractivity contribution is 0.149. The van der Waals surface area contributed by atoms with E-state index in [1.54, 1.807) is 13.1 Å². The summed E-state index contributed by atoms with van der Waals surface area (Å²) in [5.74, 6) is 0. The highest BCUT2D eigenvalue weighted by Gasteiger charge is 2.17. The van der Waals surface area contributed by atoms with Crippen LogP contribution in [-0.4, -0.2) is 4.98 Å². The molecule has 0 aliphatic carbocycles. The summed E-state index contributed by atoms with van der Waals surface area (Å²) in [7, 11) is 0. The SMILES string of the molecule is Cc1c(I)cnc(CBr)c1C(F)F. The van der Waals surface area contributed by atoms with Gasteiger partial charge in [-0.1, -0.05) is 15.9 Å². The topological polar surface area (TPSA) is 12.9 Å². The van der Waals surface area contributed by atoms with E-state index in [2.05, 4.69) is 20.9 Å². The summed E-state index contributed by atoms with van der Waals surface area (Å²) in [5.41, 5.74) is 1.11. The first kappa shape index (κ1) is 11.3. The maximum absolute atomic E-state index is 12.6. The van der Waals surface area contributed by atoms with Crippen molar-refractivity contribution in [3.63, 3.8) is 0 Å². The van der Waals surface area contributed by atoms with Crippen molar-refractivity contribution in [2.45, 2.75) is 18.7 Å². The number of hydrogen-bond acceptors (Lipinski definition) is 1. The second-order valence-corrected chi connectivity index (χ2v) is 4.25. The van der Waals surface area contributed by atoms with Crippen molar-refractivity contribution >= 4 is 38.5 Å². The van der Waals surface area contributed by atoms with E-state index in [0.29, 0.717) is 16.6 Å². The van der Waals surface area contributed by atoms with Crippen LogP contribution < -0.4 is 0 Å². The Kier molecular flexibility index (Phi) is 4.03. The van der Waals surface area contributed by atoms with Crippen molar-refractivity contribution < 1.29 is 8.78 Å². The Hall–Kier alpha value is 0.220. The molecule has 0 aromatic carbocycles. The van der Waals surface area contributed by atoms with E-state index in [-0.39, 0.29) is 5.56 Å². The third-order valence-corrected chi connectivity index (χ3v) is 3.37. The molecule has 13 heavy (non-hydrogen) atoms. The minimum atomic E-state index is -2.45. The zero-order chi connectivity index (χ0) is 10.0. The molecule has 0 fully saturated rings. The van der Waals surface area contributed by atoms with E-state index in [1.807, 2.05) is 22.6 Å². The summed E-state index contributed by atoms with van der Waals surface area (Å²) in [5, 5.41) is 0.366. The van der Waals surface area contributed by atoms with Gasteiger partial charge in [0, 0.05) is 20.7 Å². The predicted octanol–water partition coefficient (Wildman–Crippen LogP) is 3.83. The average Bonchev–Trinajstić information content (AvgIpc) is 2.08. The predicted molar refractivity (Wildman–Crippen MR) is 59.3 cm³/mol. The molecule has 5 heteroatoms. The summed E-state index contributed by atoms with van der Waals surface area (Å²) < 4.78 is 26.0. The number of halogens is 4. The maximum atomic E-state index is 12.6. The van der Waals surface area contributed by atoms with Crippen LogP contribution in [-0.2, 0) is 5.33 Å². The van der Waals surface area contributed by atoms with Crippen LogP contribution in [0.2, 0.25) is 0 Å². The lowest BCUT2D eigenvalue weighted by Crippen LogP contribution is -2.01. The summed E-state index contributed by atoms with van der Waals surface area (Å²) in [6.07, 6.45) is -0.840. The van der Waals surface area contributed by atoms with Crippen molar-refractivity contribution in [1.82, 2.24) is 4.98 Å². The second kappa shape index (κ2) is 4.63. The van der Waals surface area contributed by atoms with E-state index in [0.717, 1.165) is 3.57 Å². The lowest BCUT2D eigenvalue weighted by atomic mass is 10.1. The van der Waals surface area contributed by atoms with Crippen LogP contribution in [0.5, 0.6) is 0 Å². The van der Waals surface area contributed by atoms with Crippen LogP contribution in [0.25, 0.3) is 0 Å². The molecule has 0 unspecified atom stereocenters. The van der Waals surface area contributed by atoms with Gasteiger partial charge in [-0.15, -0.1) is 0 Å². The standard InChI is InChI=1S/C8H7BrF2IN/c1-4-5(12)3-13-6(2-9)7(4)8(10)11/h3,8H,2H2,1H3. The van der Waals surface area contributed by atoms with Crippen molar-refractivity contribution in [1.29, 1.82) is 0 Å². The summed E-state index contributed by atoms with van der Waals surface area (Å²) in [4.78, 5) is 3.94. The number of rotatable bonds is 2. The monoisotopic (exact) mass is 361 g/mol. The molecule has 1 aromatic heterocycles. The fourth-order valence-electron chi connectivity index (χ4n) is 1.04. The maximum Gasteiger partial charge on any atom is 0.265 e. The third kappa shape index (κ3) is 2.37. The molecule has 0 aliphatic rings. The number of pyridine rings is 1. The summed E-state index contributed by atoms with van der Waals surface area (Å²) >= 11 is 5.14. The van der Waals surface area contributed by atoms with Crippen LogP contribution in [0.1, 0.15) is 23.2 Å². The minimum absolute atomic E-state index is 0.0591. The van der Waals surface area contributed by atoms with Gasteiger partial charge in [0.1, 0.15) is 0 Å². The van der Waals surface area contributed by atoms with E-state index in [4.69, 9.17) is 0 Å². The van der Waals surface area contributed by atoms with E-state index < -0.39 is 6.43 Å². The van der Waals surface area contributed by atoms with Gasteiger partial charge in [-0.3, -0.25) is 4.98 Å². The molecule has 1 heterocycles. The molecule has 1 rings (SSSR count). The molecular formula is C8H7BrF2IN. The minimum Gasteiger partial charge on any atom is -0.259 e. The number of alkyl halides is 3. The average molecular weight is 362 g/mol. The van der Waals surface area contributed by atoms with Crippen LogP contribution in [0.4, 0.5) is 8.78 Å². The number of hydrogen-bond donors (Lipinski definition) is 0. The molecule has 0 spiro atoms. The molecular weight excluding hydrogens is 355 g/mol. The van der Waals surface area contributed by atoms with Crippen molar-refractivity contribution in [2.75, 3.05) is 0 Å². The number of nitrogens with zero attached hydrogens (tertiary/aromatic N) is 1. The quantitative estimate of drug-likeness (QED) is 0.576. The zero-order valence-electron chi connectivity index (χ0n) is 6.82. The first-order chi connectivity index (χ1) is 6.07. The van der Waals surface area contributed by atoms with Gasteiger partial charge >= 0.3 is 0 Å². The Labute approximate surface area is 97.2 Å². The van der Waals surface area contributed by atoms with Crippen LogP contribution in [0, 0.1) is 10.5 Å². The summed E-state index contributed by atoms with van der Waals surface area (Å²) in [6.45, 7) is 1.69. The van der Waals surface area contributed by atoms with Gasteiger partial charge in [0.05, 0.1) is 5.69 Å². The van der Waals surface area contributed by atoms with Gasteiger partial charge in [0.15, 0.2) is 0 Å². The Morgan fingerprint density at radius 1 is 1.62 bits per heavy atom. The van der Waals surface area contributed by atoms with E-state index in [1.165, 1.54) is 0 Å². The Bertz CT molecular complexity index is 317. The van der Waals surface area contributed by atoms with Crippen molar-refractivity contribution in [2.24, 2.45) is 0 Å². The zero-order valence-corrected chi connectivity index (χ0v) is 10.6. The third-order valence-electron chi connectivity index (χ3n) is 1.75. The van der Waals surface area contributed by atoms with Gasteiger partial charge in [0.2, 0.25) is 0 Å². The largest absolute Gasteiger partial charge is 0.265 e. The van der Waals surface area contributed by atoms with Gasteiger partial charge < -0.3 is 0 Å². The molecule has 1 nitrogen and oxygen atoms in total. The number of aromatic nitrogens is 1. The Balaban J connectivity index is 3.32. The normalized spacial score (nSPS) is 10.9. The summed E-state index contributed by atoms with van der Waals surface area (Å²) in [6, 6.07) is 0. The van der Waals surface area contributed by atoms with Gasteiger partial charge in [-0.05, 0) is 35.1 Å². The fraction of sp³-hybridized carbons (Fsp3) is 0.375. The highest BCUT2D eigenvalue weighted by molar-refractivity contribution is 14.1. The molecule has 0 bridgehead atoms. The fourth-order valence-corrected chi connectivity index (χ4v) is 1.92. The molecule has 0 radical (unpaired) electrons. The molecule has 1 aromatic rings. The molecule has 0 saturated heterocycles. The van der Waals surface area contributed by atoms with Gasteiger partial charge in [0.25, 0.3) is 6.43 Å². The van der Waals surface area contributed by atoms with Gasteiger partial charge in [-0.2, -0.15) is 0 Å². The van der Waals surface area contributed by atoms with E-state index in [9.17, 15) is 8.78 Å². The van der Waals surface area contributed by atoms with Crippen LogP contribution in [0.15, 0.2) is 6.20 Å².